The predicted octanol–water partition coefficient (Wildman–Crippen LogP) is 4.27. The Labute approximate surface area is 140 Å². The lowest BCUT2D eigenvalue weighted by atomic mass is 10.1. The van der Waals surface area contributed by atoms with Crippen molar-refractivity contribution in [2.45, 2.75) is 12.6 Å². The predicted molar refractivity (Wildman–Crippen MR) is 88.5 cm³/mol. The largest absolute Gasteiger partial charge is 0.508 e. The Hall–Kier alpha value is -1.26. The molecule has 0 amide bonds. The van der Waals surface area contributed by atoms with Crippen LogP contribution in [0.25, 0.3) is 0 Å². The van der Waals surface area contributed by atoms with Gasteiger partial charge in [-0.25, -0.2) is 0 Å². The first-order valence-corrected chi connectivity index (χ1v) is 7.95. The lowest BCUT2D eigenvalue weighted by Crippen LogP contribution is -2.37. The number of hydrogen-bond donors (Lipinski definition) is 1. The number of aromatic hydroxyl groups is 1. The maximum absolute atomic E-state index is 9.90. The fraction of sp³-hybridized carbons (Fsp3) is 0.294. The molecule has 2 aromatic rings. The normalized spacial score (nSPS) is 19.3. The monoisotopic (exact) mass is 337 g/mol. The van der Waals surface area contributed by atoms with Crippen molar-refractivity contribution in [3.63, 3.8) is 0 Å². The van der Waals surface area contributed by atoms with Crippen LogP contribution in [0.2, 0.25) is 10.0 Å². The van der Waals surface area contributed by atoms with Crippen molar-refractivity contribution in [3.05, 3.63) is 63.6 Å². The van der Waals surface area contributed by atoms with E-state index in [1.165, 1.54) is 0 Å². The molecule has 1 heterocycles. The highest BCUT2D eigenvalue weighted by Crippen LogP contribution is 2.30. The van der Waals surface area contributed by atoms with Crippen molar-refractivity contribution in [2.24, 2.45) is 0 Å². The molecule has 3 rings (SSSR count). The van der Waals surface area contributed by atoms with Gasteiger partial charge in [0.05, 0.1) is 22.8 Å². The van der Waals surface area contributed by atoms with Gasteiger partial charge >= 0.3 is 0 Å². The van der Waals surface area contributed by atoms with Gasteiger partial charge in [-0.3, -0.25) is 4.90 Å². The molecule has 1 N–H and O–H groups in total. The van der Waals surface area contributed by atoms with E-state index >= 15 is 0 Å². The van der Waals surface area contributed by atoms with E-state index in [2.05, 4.69) is 4.90 Å². The van der Waals surface area contributed by atoms with Crippen LogP contribution in [0, 0.1) is 0 Å². The van der Waals surface area contributed by atoms with E-state index < -0.39 is 0 Å². The second-order valence-corrected chi connectivity index (χ2v) is 6.21. The average Bonchev–Trinajstić information content (AvgIpc) is 2.53. The summed E-state index contributed by atoms with van der Waals surface area (Å²) >= 11 is 12.0. The van der Waals surface area contributed by atoms with E-state index in [0.717, 1.165) is 24.2 Å². The molecule has 116 valence electrons. The summed E-state index contributed by atoms with van der Waals surface area (Å²) < 4.78 is 5.85. The summed E-state index contributed by atoms with van der Waals surface area (Å²) in [6.45, 7) is 2.95. The van der Waals surface area contributed by atoms with Crippen molar-refractivity contribution in [1.82, 2.24) is 4.90 Å². The van der Waals surface area contributed by atoms with Gasteiger partial charge in [-0.05, 0) is 23.8 Å². The topological polar surface area (TPSA) is 32.7 Å². The van der Waals surface area contributed by atoms with Gasteiger partial charge in [-0.1, -0.05) is 47.5 Å². The molecule has 22 heavy (non-hydrogen) atoms. The first kappa shape index (κ1) is 15.6. The number of hydrogen-bond acceptors (Lipinski definition) is 3. The Morgan fingerprint density at radius 1 is 1.14 bits per heavy atom. The first-order chi connectivity index (χ1) is 10.6. The molecule has 0 aromatic heterocycles. The molecule has 2 aromatic carbocycles. The SMILES string of the molecule is Oc1ccccc1CN1CCOC(c2ccc(Cl)c(Cl)c2)C1. The van der Waals surface area contributed by atoms with Crippen LogP contribution >= 0.6 is 23.2 Å². The van der Waals surface area contributed by atoms with Crippen LogP contribution in [0.3, 0.4) is 0 Å². The third-order valence-electron chi connectivity index (χ3n) is 3.85. The maximum Gasteiger partial charge on any atom is 0.120 e. The molecule has 5 heteroatoms. The summed E-state index contributed by atoms with van der Waals surface area (Å²) in [4.78, 5) is 2.27. The van der Waals surface area contributed by atoms with Gasteiger partial charge < -0.3 is 9.84 Å². The minimum absolute atomic E-state index is 0.0330. The summed E-state index contributed by atoms with van der Waals surface area (Å²) in [6.07, 6.45) is -0.0330. The minimum atomic E-state index is -0.0330. The van der Waals surface area contributed by atoms with Gasteiger partial charge in [-0.15, -0.1) is 0 Å². The number of morpholine rings is 1. The van der Waals surface area contributed by atoms with Gasteiger partial charge in [0.1, 0.15) is 5.75 Å². The van der Waals surface area contributed by atoms with Crippen LogP contribution in [0.5, 0.6) is 5.75 Å². The second kappa shape index (κ2) is 6.88. The van der Waals surface area contributed by atoms with Crippen LogP contribution in [0.15, 0.2) is 42.5 Å². The number of nitrogens with zero attached hydrogens (tertiary/aromatic N) is 1. The molecule has 1 aliphatic rings. The Balaban J connectivity index is 1.71. The van der Waals surface area contributed by atoms with Gasteiger partial charge in [0.2, 0.25) is 0 Å². The van der Waals surface area contributed by atoms with Gasteiger partial charge in [0.15, 0.2) is 0 Å². The highest BCUT2D eigenvalue weighted by atomic mass is 35.5. The number of phenolic OH excluding ortho intramolecular Hbond substituents is 1. The summed E-state index contributed by atoms with van der Waals surface area (Å²) in [7, 11) is 0. The number of benzene rings is 2. The quantitative estimate of drug-likeness (QED) is 0.907. The van der Waals surface area contributed by atoms with Crippen LogP contribution in [0.4, 0.5) is 0 Å². The van der Waals surface area contributed by atoms with Crippen LogP contribution in [0.1, 0.15) is 17.2 Å². The molecule has 1 aliphatic heterocycles. The third kappa shape index (κ3) is 3.55. The zero-order valence-electron chi connectivity index (χ0n) is 12.0. The van der Waals surface area contributed by atoms with E-state index in [9.17, 15) is 5.11 Å². The van der Waals surface area contributed by atoms with E-state index in [4.69, 9.17) is 27.9 Å². The van der Waals surface area contributed by atoms with Crippen LogP contribution in [-0.2, 0) is 11.3 Å². The van der Waals surface area contributed by atoms with E-state index in [1.54, 1.807) is 12.1 Å². The summed E-state index contributed by atoms with van der Waals surface area (Å²) in [5, 5.41) is 11.0. The fourth-order valence-electron chi connectivity index (χ4n) is 2.65. The Kier molecular flexibility index (Phi) is 4.89. The van der Waals surface area contributed by atoms with Crippen molar-refractivity contribution < 1.29 is 9.84 Å². The number of halogens is 2. The van der Waals surface area contributed by atoms with Crippen LogP contribution < -0.4 is 0 Å². The fourth-order valence-corrected chi connectivity index (χ4v) is 2.95. The number of rotatable bonds is 3. The standard InChI is InChI=1S/C17H17Cl2NO2/c18-14-6-5-12(9-15(14)19)17-11-20(7-8-22-17)10-13-3-1-2-4-16(13)21/h1-6,9,17,21H,7-8,10-11H2. The summed E-state index contributed by atoms with van der Waals surface area (Å²) in [5.41, 5.74) is 1.95. The van der Waals surface area contributed by atoms with E-state index in [1.807, 2.05) is 30.3 Å². The molecule has 0 aliphatic carbocycles. The van der Waals surface area contributed by atoms with E-state index in [0.29, 0.717) is 28.9 Å². The third-order valence-corrected chi connectivity index (χ3v) is 4.59. The maximum atomic E-state index is 9.90. The molecular weight excluding hydrogens is 321 g/mol. The molecule has 1 unspecified atom stereocenters. The lowest BCUT2D eigenvalue weighted by Gasteiger charge is -2.33. The highest BCUT2D eigenvalue weighted by molar-refractivity contribution is 6.42. The van der Waals surface area contributed by atoms with E-state index in [-0.39, 0.29) is 6.10 Å². The smallest absolute Gasteiger partial charge is 0.120 e. The van der Waals surface area contributed by atoms with Gasteiger partial charge in [0, 0.05) is 25.2 Å². The summed E-state index contributed by atoms with van der Waals surface area (Å²) in [5.74, 6) is 0.333. The lowest BCUT2D eigenvalue weighted by molar-refractivity contribution is -0.0331. The summed E-state index contributed by atoms with van der Waals surface area (Å²) in [6, 6.07) is 13.0. The molecule has 0 radical (unpaired) electrons. The minimum Gasteiger partial charge on any atom is -0.508 e. The Bertz CT molecular complexity index is 663. The number of phenols is 1. The van der Waals surface area contributed by atoms with Gasteiger partial charge in [0.25, 0.3) is 0 Å². The molecule has 1 atom stereocenters. The van der Waals surface area contributed by atoms with Crippen LogP contribution in [-0.4, -0.2) is 29.7 Å². The zero-order valence-corrected chi connectivity index (χ0v) is 13.5. The molecular formula is C17H17Cl2NO2. The molecule has 0 saturated carbocycles. The molecule has 0 spiro atoms. The van der Waals surface area contributed by atoms with Crippen molar-refractivity contribution in [1.29, 1.82) is 0 Å². The second-order valence-electron chi connectivity index (χ2n) is 5.40. The molecule has 1 saturated heterocycles. The Morgan fingerprint density at radius 2 is 1.95 bits per heavy atom. The van der Waals surface area contributed by atoms with Crippen molar-refractivity contribution in [3.8, 4) is 5.75 Å². The number of para-hydroxylation sites is 1. The zero-order chi connectivity index (χ0) is 15.5. The molecule has 1 fully saturated rings. The molecule has 0 bridgehead atoms. The number of ether oxygens (including phenoxy) is 1. The highest BCUT2D eigenvalue weighted by Gasteiger charge is 2.23. The first-order valence-electron chi connectivity index (χ1n) is 7.19. The Morgan fingerprint density at radius 3 is 2.73 bits per heavy atom. The van der Waals surface area contributed by atoms with Crippen molar-refractivity contribution in [2.75, 3.05) is 19.7 Å². The average molecular weight is 338 g/mol. The molecule has 3 nitrogen and oxygen atoms in total. The van der Waals surface area contributed by atoms with Crippen molar-refractivity contribution >= 4 is 23.2 Å². The van der Waals surface area contributed by atoms with Gasteiger partial charge in [-0.2, -0.15) is 0 Å².